The van der Waals surface area contributed by atoms with Crippen molar-refractivity contribution in [3.8, 4) is 0 Å². The first-order valence-corrected chi connectivity index (χ1v) is 6.79. The summed E-state index contributed by atoms with van der Waals surface area (Å²) in [5, 5.41) is 12.5. The Kier molecular flexibility index (Phi) is 4.37. The van der Waals surface area contributed by atoms with Gasteiger partial charge in [0.25, 0.3) is 0 Å². The predicted octanol–water partition coefficient (Wildman–Crippen LogP) is 1.70. The van der Waals surface area contributed by atoms with E-state index < -0.39 is 5.97 Å². The molecule has 1 aromatic heterocycles. The summed E-state index contributed by atoms with van der Waals surface area (Å²) in [5.74, 6) is 0.119. The highest BCUT2D eigenvalue weighted by atomic mass is 16.4. The lowest BCUT2D eigenvalue weighted by Gasteiger charge is -2.22. The van der Waals surface area contributed by atoms with Gasteiger partial charge in [0, 0.05) is 25.3 Å². The van der Waals surface area contributed by atoms with Gasteiger partial charge in [-0.15, -0.1) is 0 Å². The molecule has 0 amide bonds. The van der Waals surface area contributed by atoms with Crippen LogP contribution in [0.3, 0.4) is 0 Å². The Hall–Kier alpha value is -1.62. The van der Waals surface area contributed by atoms with Crippen LogP contribution in [0.5, 0.6) is 0 Å². The number of nitrogens with zero attached hydrogens (tertiary/aromatic N) is 2. The van der Waals surface area contributed by atoms with Crippen molar-refractivity contribution in [1.82, 2.24) is 10.3 Å². The highest BCUT2D eigenvalue weighted by molar-refractivity contribution is 5.88. The Bertz CT molecular complexity index is 452. The van der Waals surface area contributed by atoms with Crippen LogP contribution in [0.2, 0.25) is 0 Å². The summed E-state index contributed by atoms with van der Waals surface area (Å²) in [6, 6.07) is 3.35. The Morgan fingerprint density at radius 1 is 1.37 bits per heavy atom. The van der Waals surface area contributed by atoms with Crippen LogP contribution in [0.1, 0.15) is 42.2 Å². The van der Waals surface area contributed by atoms with Crippen LogP contribution in [0.4, 0.5) is 5.82 Å². The monoisotopic (exact) mass is 263 g/mol. The van der Waals surface area contributed by atoms with Gasteiger partial charge >= 0.3 is 5.97 Å². The van der Waals surface area contributed by atoms with E-state index in [1.165, 1.54) is 0 Å². The lowest BCUT2D eigenvalue weighted by Crippen LogP contribution is -2.29. The van der Waals surface area contributed by atoms with Gasteiger partial charge in [0.05, 0.1) is 5.56 Å². The van der Waals surface area contributed by atoms with Crippen molar-refractivity contribution in [3.63, 3.8) is 0 Å². The zero-order valence-electron chi connectivity index (χ0n) is 11.5. The number of nitrogens with one attached hydrogen (secondary N) is 1. The Labute approximate surface area is 113 Å². The molecule has 1 saturated heterocycles. The molecule has 2 heterocycles. The van der Waals surface area contributed by atoms with Crippen molar-refractivity contribution in [2.75, 3.05) is 31.1 Å². The summed E-state index contributed by atoms with van der Waals surface area (Å²) in [6.45, 7) is 7.76. The van der Waals surface area contributed by atoms with E-state index in [0.29, 0.717) is 5.56 Å². The van der Waals surface area contributed by atoms with Crippen LogP contribution in [0.15, 0.2) is 12.1 Å². The fourth-order valence-electron chi connectivity index (χ4n) is 2.19. The first-order valence-electron chi connectivity index (χ1n) is 6.79. The van der Waals surface area contributed by atoms with E-state index in [0.717, 1.165) is 44.1 Å². The molecule has 0 aliphatic carbocycles. The minimum absolute atomic E-state index is 0.225. The maximum Gasteiger partial charge on any atom is 0.335 e. The van der Waals surface area contributed by atoms with E-state index in [1.54, 1.807) is 12.1 Å². The van der Waals surface area contributed by atoms with E-state index in [-0.39, 0.29) is 5.92 Å². The van der Waals surface area contributed by atoms with Crippen molar-refractivity contribution in [2.45, 2.75) is 26.2 Å². The van der Waals surface area contributed by atoms with Gasteiger partial charge in [-0.25, -0.2) is 9.78 Å². The van der Waals surface area contributed by atoms with Crippen LogP contribution in [0.25, 0.3) is 0 Å². The molecule has 5 heteroatoms. The third-order valence-corrected chi connectivity index (χ3v) is 3.33. The molecule has 19 heavy (non-hydrogen) atoms. The van der Waals surface area contributed by atoms with Crippen LogP contribution in [0, 0.1) is 0 Å². The summed E-state index contributed by atoms with van der Waals surface area (Å²) in [5.41, 5.74) is 1.16. The van der Waals surface area contributed by atoms with E-state index in [4.69, 9.17) is 0 Å². The van der Waals surface area contributed by atoms with Crippen LogP contribution in [-0.4, -0.2) is 42.2 Å². The van der Waals surface area contributed by atoms with Crippen LogP contribution in [-0.2, 0) is 0 Å². The second kappa shape index (κ2) is 6.02. The molecule has 2 N–H and O–H groups in total. The fraction of sp³-hybridized carbons (Fsp3) is 0.571. The number of aromatic carboxylic acids is 1. The molecule has 1 aromatic rings. The first-order chi connectivity index (χ1) is 9.08. The highest BCUT2D eigenvalue weighted by Gasteiger charge is 2.16. The summed E-state index contributed by atoms with van der Waals surface area (Å²) in [7, 11) is 0. The van der Waals surface area contributed by atoms with Gasteiger partial charge in [0.15, 0.2) is 0 Å². The molecule has 0 radical (unpaired) electrons. The molecule has 0 saturated carbocycles. The van der Waals surface area contributed by atoms with Gasteiger partial charge < -0.3 is 15.3 Å². The summed E-state index contributed by atoms with van der Waals surface area (Å²) < 4.78 is 0. The number of hydrogen-bond acceptors (Lipinski definition) is 4. The molecule has 0 bridgehead atoms. The number of hydrogen-bond donors (Lipinski definition) is 2. The smallest absolute Gasteiger partial charge is 0.335 e. The van der Waals surface area contributed by atoms with Gasteiger partial charge in [0.2, 0.25) is 0 Å². The van der Waals surface area contributed by atoms with E-state index in [2.05, 4.69) is 15.2 Å². The number of pyridine rings is 1. The van der Waals surface area contributed by atoms with Crippen molar-refractivity contribution in [1.29, 1.82) is 0 Å². The number of carboxylic acid groups (broad SMARTS) is 1. The molecule has 1 aliphatic heterocycles. The zero-order valence-corrected chi connectivity index (χ0v) is 11.5. The molecule has 1 aliphatic rings. The lowest BCUT2D eigenvalue weighted by molar-refractivity contribution is 0.0696. The maximum absolute atomic E-state index is 11.2. The molecule has 0 unspecified atom stereocenters. The van der Waals surface area contributed by atoms with Crippen LogP contribution >= 0.6 is 0 Å². The third kappa shape index (κ3) is 3.44. The average Bonchev–Trinajstić information content (AvgIpc) is 2.66. The predicted molar refractivity (Wildman–Crippen MR) is 75.0 cm³/mol. The molecule has 1 fully saturated rings. The number of carboxylic acids is 1. The summed E-state index contributed by atoms with van der Waals surface area (Å²) in [4.78, 5) is 18.0. The first kappa shape index (κ1) is 13.8. The van der Waals surface area contributed by atoms with E-state index in [1.807, 2.05) is 13.8 Å². The topological polar surface area (TPSA) is 65.5 Å². The molecule has 0 aromatic carbocycles. The maximum atomic E-state index is 11.2. The molecule has 104 valence electrons. The van der Waals surface area contributed by atoms with Crippen LogP contribution < -0.4 is 10.2 Å². The number of rotatable bonds is 3. The molecule has 0 spiro atoms. The SMILES string of the molecule is CC(C)c1cc(C(=O)O)cc(N2CCCNCC2)n1. The van der Waals surface area contributed by atoms with Gasteiger partial charge in [-0.1, -0.05) is 13.8 Å². The fourth-order valence-corrected chi connectivity index (χ4v) is 2.19. The molecular weight excluding hydrogens is 242 g/mol. The molecule has 0 atom stereocenters. The van der Waals surface area contributed by atoms with E-state index >= 15 is 0 Å². The minimum Gasteiger partial charge on any atom is -0.478 e. The number of carbonyl (C=O) groups is 1. The Balaban J connectivity index is 2.34. The minimum atomic E-state index is -0.890. The van der Waals surface area contributed by atoms with E-state index in [9.17, 15) is 9.90 Å². The average molecular weight is 263 g/mol. The normalized spacial score (nSPS) is 16.5. The molecule has 5 nitrogen and oxygen atoms in total. The van der Waals surface area contributed by atoms with Crippen molar-refractivity contribution >= 4 is 11.8 Å². The summed E-state index contributed by atoms with van der Waals surface area (Å²) >= 11 is 0. The van der Waals surface area contributed by atoms with Gasteiger partial charge in [-0.05, 0) is 31.0 Å². The zero-order chi connectivity index (χ0) is 13.8. The second-order valence-corrected chi connectivity index (χ2v) is 5.19. The third-order valence-electron chi connectivity index (χ3n) is 3.33. The van der Waals surface area contributed by atoms with Crippen molar-refractivity contribution < 1.29 is 9.90 Å². The van der Waals surface area contributed by atoms with Gasteiger partial charge in [-0.2, -0.15) is 0 Å². The Morgan fingerprint density at radius 3 is 2.84 bits per heavy atom. The quantitative estimate of drug-likeness (QED) is 0.869. The summed E-state index contributed by atoms with van der Waals surface area (Å²) in [6.07, 6.45) is 1.05. The second-order valence-electron chi connectivity index (χ2n) is 5.19. The number of anilines is 1. The Morgan fingerprint density at radius 2 is 2.16 bits per heavy atom. The van der Waals surface area contributed by atoms with Gasteiger partial charge in [-0.3, -0.25) is 0 Å². The largest absolute Gasteiger partial charge is 0.478 e. The number of aromatic nitrogens is 1. The van der Waals surface area contributed by atoms with Crippen molar-refractivity contribution in [2.24, 2.45) is 0 Å². The molecular formula is C14H21N3O2. The standard InChI is InChI=1S/C14H21N3O2/c1-10(2)12-8-11(14(18)19)9-13(16-12)17-6-3-4-15-5-7-17/h8-10,15H,3-7H2,1-2H3,(H,18,19). The highest BCUT2D eigenvalue weighted by Crippen LogP contribution is 2.21. The van der Waals surface area contributed by atoms with Gasteiger partial charge in [0.1, 0.15) is 5.82 Å². The lowest BCUT2D eigenvalue weighted by atomic mass is 10.1. The van der Waals surface area contributed by atoms with Crippen molar-refractivity contribution in [3.05, 3.63) is 23.4 Å². The molecule has 2 rings (SSSR count).